The summed E-state index contributed by atoms with van der Waals surface area (Å²) in [6.45, 7) is 2.00. The van der Waals surface area contributed by atoms with Crippen LogP contribution >= 0.6 is 0 Å². The highest BCUT2D eigenvalue weighted by atomic mass is 32.2. The predicted molar refractivity (Wildman–Crippen MR) is 59.4 cm³/mol. The zero-order valence-corrected chi connectivity index (χ0v) is 10.5. The zero-order valence-electron chi connectivity index (χ0n) is 9.68. The van der Waals surface area contributed by atoms with Crippen molar-refractivity contribution in [1.82, 2.24) is 4.31 Å². The molecule has 0 saturated heterocycles. The number of unbranched alkanes of at least 4 members (excludes halogenated alkanes) is 1. The Labute approximate surface area is 96.2 Å². The van der Waals surface area contributed by atoms with Gasteiger partial charge in [-0.05, 0) is 6.42 Å². The van der Waals surface area contributed by atoms with Gasteiger partial charge in [0.2, 0.25) is 10.0 Å². The fourth-order valence-electron chi connectivity index (χ4n) is 1.14. The molecule has 0 saturated carbocycles. The van der Waals surface area contributed by atoms with Crippen LogP contribution in [0.2, 0.25) is 0 Å². The summed E-state index contributed by atoms with van der Waals surface area (Å²) in [5.41, 5.74) is 0. The Morgan fingerprint density at radius 1 is 1.38 bits per heavy atom. The first kappa shape index (κ1) is 15.3. The van der Waals surface area contributed by atoms with Crippen LogP contribution in [0.4, 0.5) is 0 Å². The number of esters is 1. The number of methoxy groups -OCH3 is 1. The first-order chi connectivity index (χ1) is 7.47. The molecular weight excluding hydrogens is 234 g/mol. The SMILES string of the molecule is CCCCN(CCO)S(=O)(=O)CC(=O)OC. The summed E-state index contributed by atoms with van der Waals surface area (Å²) in [5, 5.41) is 8.77. The number of carbonyl (C=O) groups excluding carboxylic acids is 1. The molecule has 0 fully saturated rings. The number of aliphatic hydroxyl groups excluding tert-OH is 1. The van der Waals surface area contributed by atoms with Gasteiger partial charge in [-0.25, -0.2) is 8.42 Å². The van der Waals surface area contributed by atoms with E-state index in [1.54, 1.807) is 0 Å². The standard InChI is InChI=1S/C9H19NO5S/c1-3-4-5-10(6-7-11)16(13,14)8-9(12)15-2/h11H,3-8H2,1-2H3. The average Bonchev–Trinajstić information content (AvgIpc) is 2.23. The molecule has 0 rings (SSSR count). The molecule has 6 nitrogen and oxygen atoms in total. The van der Waals surface area contributed by atoms with Crippen LogP contribution < -0.4 is 0 Å². The van der Waals surface area contributed by atoms with Crippen LogP contribution in [-0.2, 0) is 19.6 Å². The Morgan fingerprint density at radius 3 is 2.44 bits per heavy atom. The van der Waals surface area contributed by atoms with Crippen LogP contribution in [-0.4, -0.2) is 56.4 Å². The molecule has 0 aliphatic rings. The lowest BCUT2D eigenvalue weighted by molar-refractivity contribution is -0.137. The maximum atomic E-state index is 11.7. The van der Waals surface area contributed by atoms with Crippen LogP contribution in [0.15, 0.2) is 0 Å². The van der Waals surface area contributed by atoms with Crippen molar-refractivity contribution in [2.45, 2.75) is 19.8 Å². The van der Waals surface area contributed by atoms with Crippen LogP contribution in [0.1, 0.15) is 19.8 Å². The maximum absolute atomic E-state index is 11.7. The third kappa shape index (κ3) is 5.43. The molecule has 96 valence electrons. The number of sulfonamides is 1. The molecule has 1 N–H and O–H groups in total. The number of ether oxygens (including phenoxy) is 1. The third-order valence-corrected chi connectivity index (χ3v) is 3.78. The van der Waals surface area contributed by atoms with E-state index in [0.717, 1.165) is 17.8 Å². The molecule has 0 spiro atoms. The number of rotatable bonds is 8. The second-order valence-corrected chi connectivity index (χ2v) is 5.28. The minimum Gasteiger partial charge on any atom is -0.468 e. The fraction of sp³-hybridized carbons (Fsp3) is 0.889. The molecule has 0 aliphatic carbocycles. The number of hydrogen-bond acceptors (Lipinski definition) is 5. The molecule has 0 radical (unpaired) electrons. The van der Waals surface area contributed by atoms with E-state index >= 15 is 0 Å². The lowest BCUT2D eigenvalue weighted by Gasteiger charge is -2.20. The third-order valence-electron chi connectivity index (χ3n) is 2.03. The van der Waals surface area contributed by atoms with E-state index in [1.165, 1.54) is 0 Å². The molecule has 0 atom stereocenters. The Bertz CT molecular complexity index is 301. The van der Waals surface area contributed by atoms with Crippen molar-refractivity contribution in [1.29, 1.82) is 0 Å². The summed E-state index contributed by atoms with van der Waals surface area (Å²) in [6.07, 6.45) is 1.54. The monoisotopic (exact) mass is 253 g/mol. The van der Waals surface area contributed by atoms with Crippen molar-refractivity contribution in [3.8, 4) is 0 Å². The Kier molecular flexibility index (Phi) is 7.27. The van der Waals surface area contributed by atoms with Crippen LogP contribution in [0.3, 0.4) is 0 Å². The van der Waals surface area contributed by atoms with E-state index in [1.807, 2.05) is 6.92 Å². The topological polar surface area (TPSA) is 83.9 Å². The minimum atomic E-state index is -3.67. The van der Waals surface area contributed by atoms with Crippen LogP contribution in [0.25, 0.3) is 0 Å². The molecule has 7 heteroatoms. The van der Waals surface area contributed by atoms with E-state index in [-0.39, 0.29) is 13.2 Å². The van der Waals surface area contributed by atoms with E-state index in [4.69, 9.17) is 5.11 Å². The summed E-state index contributed by atoms with van der Waals surface area (Å²) in [6, 6.07) is 0. The first-order valence-corrected chi connectivity index (χ1v) is 6.74. The van der Waals surface area contributed by atoms with Gasteiger partial charge in [-0.3, -0.25) is 4.79 Å². The summed E-state index contributed by atoms with van der Waals surface area (Å²) in [7, 11) is -2.53. The van der Waals surface area contributed by atoms with Crippen molar-refractivity contribution in [2.75, 3.05) is 32.6 Å². The average molecular weight is 253 g/mol. The molecule has 0 aromatic carbocycles. The number of aliphatic hydroxyl groups is 1. The van der Waals surface area contributed by atoms with Gasteiger partial charge in [0.25, 0.3) is 0 Å². The molecule has 0 heterocycles. The van der Waals surface area contributed by atoms with Crippen molar-refractivity contribution < 1.29 is 23.1 Å². The Balaban J connectivity index is 4.55. The van der Waals surface area contributed by atoms with Gasteiger partial charge in [-0.2, -0.15) is 4.31 Å². The number of hydrogen-bond donors (Lipinski definition) is 1. The van der Waals surface area contributed by atoms with Crippen LogP contribution in [0, 0.1) is 0 Å². The molecule has 0 aromatic rings. The number of nitrogens with zero attached hydrogens (tertiary/aromatic N) is 1. The molecule has 0 amide bonds. The Morgan fingerprint density at radius 2 is 2.00 bits per heavy atom. The van der Waals surface area contributed by atoms with Crippen molar-refractivity contribution >= 4 is 16.0 Å². The maximum Gasteiger partial charge on any atom is 0.322 e. The number of carbonyl (C=O) groups is 1. The largest absolute Gasteiger partial charge is 0.468 e. The summed E-state index contributed by atoms with van der Waals surface area (Å²) >= 11 is 0. The smallest absolute Gasteiger partial charge is 0.322 e. The minimum absolute atomic E-state index is 0.0132. The predicted octanol–water partition coefficient (Wildman–Crippen LogP) is -0.416. The highest BCUT2D eigenvalue weighted by molar-refractivity contribution is 7.89. The lowest BCUT2D eigenvalue weighted by Crippen LogP contribution is -2.38. The van der Waals surface area contributed by atoms with Gasteiger partial charge in [0.05, 0.1) is 13.7 Å². The molecule has 0 aliphatic heterocycles. The Hall–Kier alpha value is -0.660. The van der Waals surface area contributed by atoms with Gasteiger partial charge >= 0.3 is 5.97 Å². The second-order valence-electron chi connectivity index (χ2n) is 3.31. The normalized spacial score (nSPS) is 11.8. The summed E-state index contributed by atoms with van der Waals surface area (Å²) in [4.78, 5) is 10.9. The van der Waals surface area contributed by atoms with Crippen molar-refractivity contribution in [3.63, 3.8) is 0 Å². The molecule has 0 aromatic heterocycles. The van der Waals surface area contributed by atoms with E-state index in [9.17, 15) is 13.2 Å². The van der Waals surface area contributed by atoms with Gasteiger partial charge in [-0.15, -0.1) is 0 Å². The highest BCUT2D eigenvalue weighted by Crippen LogP contribution is 2.04. The molecular formula is C9H19NO5S. The lowest BCUT2D eigenvalue weighted by atomic mass is 10.3. The first-order valence-electron chi connectivity index (χ1n) is 5.13. The summed E-state index contributed by atoms with van der Waals surface area (Å²) < 4.78 is 28.8. The highest BCUT2D eigenvalue weighted by Gasteiger charge is 2.24. The van der Waals surface area contributed by atoms with Gasteiger partial charge in [0.1, 0.15) is 0 Å². The van der Waals surface area contributed by atoms with Crippen molar-refractivity contribution in [3.05, 3.63) is 0 Å². The van der Waals surface area contributed by atoms with Gasteiger partial charge < -0.3 is 9.84 Å². The van der Waals surface area contributed by atoms with E-state index in [0.29, 0.717) is 13.0 Å². The quantitative estimate of drug-likeness (QED) is 0.594. The van der Waals surface area contributed by atoms with E-state index < -0.39 is 21.7 Å². The molecule has 0 bridgehead atoms. The second kappa shape index (κ2) is 7.59. The van der Waals surface area contributed by atoms with Gasteiger partial charge in [0, 0.05) is 13.1 Å². The van der Waals surface area contributed by atoms with Gasteiger partial charge in [-0.1, -0.05) is 13.3 Å². The van der Waals surface area contributed by atoms with Gasteiger partial charge in [0.15, 0.2) is 5.75 Å². The molecule has 0 unspecified atom stereocenters. The van der Waals surface area contributed by atoms with E-state index in [2.05, 4.69) is 4.74 Å². The zero-order chi connectivity index (χ0) is 12.6. The molecule has 16 heavy (non-hydrogen) atoms. The fourth-order valence-corrected chi connectivity index (χ4v) is 2.50. The summed E-state index contributed by atoms with van der Waals surface area (Å²) in [5.74, 6) is -1.47. The van der Waals surface area contributed by atoms with Crippen LogP contribution in [0.5, 0.6) is 0 Å². The van der Waals surface area contributed by atoms with Crippen molar-refractivity contribution in [2.24, 2.45) is 0 Å².